The Hall–Kier alpha value is -3.61. The molecule has 3 aromatic carbocycles. The number of nitrogens with zero attached hydrogens (tertiary/aromatic N) is 1. The Kier molecular flexibility index (Phi) is 4.35. The summed E-state index contributed by atoms with van der Waals surface area (Å²) in [6.45, 7) is 0. The monoisotopic (exact) mass is 381 g/mol. The van der Waals surface area contributed by atoms with Gasteiger partial charge in [0.25, 0.3) is 5.91 Å². The maximum absolute atomic E-state index is 12.9. The third-order valence-electron chi connectivity index (χ3n) is 4.27. The van der Waals surface area contributed by atoms with E-state index in [4.69, 9.17) is 0 Å². The van der Waals surface area contributed by atoms with Crippen LogP contribution < -0.4 is 5.32 Å². The number of para-hydroxylation sites is 3. The van der Waals surface area contributed by atoms with Gasteiger partial charge in [0.05, 0.1) is 22.3 Å². The minimum absolute atomic E-state index is 0.0748. The van der Waals surface area contributed by atoms with E-state index in [0.29, 0.717) is 17.1 Å². The molecule has 0 fully saturated rings. The molecular weight excluding hydrogens is 367 g/mol. The van der Waals surface area contributed by atoms with Gasteiger partial charge in [-0.1, -0.05) is 30.3 Å². The summed E-state index contributed by atoms with van der Waals surface area (Å²) in [4.78, 5) is 20.2. The second-order valence-corrected chi connectivity index (χ2v) is 6.18. The maximum Gasteiger partial charge on any atom is 0.416 e. The molecule has 0 unspecified atom stereocenters. The van der Waals surface area contributed by atoms with Crippen molar-refractivity contribution in [1.29, 1.82) is 0 Å². The first-order chi connectivity index (χ1) is 13.4. The molecule has 0 saturated carbocycles. The van der Waals surface area contributed by atoms with Crippen molar-refractivity contribution < 1.29 is 18.0 Å². The summed E-state index contributed by atoms with van der Waals surface area (Å²) < 4.78 is 38.7. The zero-order chi connectivity index (χ0) is 19.7. The summed E-state index contributed by atoms with van der Waals surface area (Å²) in [5.41, 5.74) is 1.76. The summed E-state index contributed by atoms with van der Waals surface area (Å²) in [6.07, 6.45) is -4.51. The fourth-order valence-electron chi connectivity index (χ4n) is 2.91. The highest BCUT2D eigenvalue weighted by Crippen LogP contribution is 2.31. The van der Waals surface area contributed by atoms with Crippen LogP contribution >= 0.6 is 0 Å². The van der Waals surface area contributed by atoms with Crippen molar-refractivity contribution in [3.8, 4) is 11.4 Å². The number of amides is 1. The fraction of sp³-hybridized carbons (Fsp3) is 0.0476. The minimum atomic E-state index is -4.51. The second kappa shape index (κ2) is 6.84. The van der Waals surface area contributed by atoms with Crippen LogP contribution in [0.2, 0.25) is 0 Å². The predicted molar refractivity (Wildman–Crippen MR) is 101 cm³/mol. The molecule has 2 N–H and O–H groups in total. The van der Waals surface area contributed by atoms with Gasteiger partial charge in [0.1, 0.15) is 5.82 Å². The highest BCUT2D eigenvalue weighted by atomic mass is 19.4. The average molecular weight is 381 g/mol. The zero-order valence-corrected chi connectivity index (χ0v) is 14.4. The Bertz CT molecular complexity index is 1130. The topological polar surface area (TPSA) is 57.8 Å². The minimum Gasteiger partial charge on any atom is -0.338 e. The molecule has 4 rings (SSSR count). The Morgan fingerprint density at radius 3 is 2.46 bits per heavy atom. The number of imidazole rings is 1. The summed E-state index contributed by atoms with van der Waals surface area (Å²) in [7, 11) is 0. The van der Waals surface area contributed by atoms with E-state index in [2.05, 4.69) is 15.3 Å². The molecular formula is C21H14F3N3O. The fourth-order valence-corrected chi connectivity index (χ4v) is 2.91. The third kappa shape index (κ3) is 3.46. The van der Waals surface area contributed by atoms with Gasteiger partial charge in [0, 0.05) is 11.1 Å². The molecule has 0 aliphatic carbocycles. The van der Waals surface area contributed by atoms with Crippen molar-refractivity contribution in [1.82, 2.24) is 9.97 Å². The molecule has 0 aliphatic heterocycles. The number of aromatic nitrogens is 2. The number of anilines is 1. The molecule has 4 nitrogen and oxygen atoms in total. The Labute approximate surface area is 158 Å². The first-order valence-corrected chi connectivity index (χ1v) is 8.44. The van der Waals surface area contributed by atoms with Crippen LogP contribution in [-0.2, 0) is 6.18 Å². The van der Waals surface area contributed by atoms with Gasteiger partial charge >= 0.3 is 6.18 Å². The summed E-state index contributed by atoms with van der Waals surface area (Å²) in [5.74, 6) is -0.0733. The lowest BCUT2D eigenvalue weighted by molar-refractivity contribution is -0.137. The van der Waals surface area contributed by atoms with Gasteiger partial charge in [-0.2, -0.15) is 13.2 Å². The molecule has 0 radical (unpaired) electrons. The van der Waals surface area contributed by atoms with Crippen molar-refractivity contribution in [2.75, 3.05) is 5.32 Å². The van der Waals surface area contributed by atoms with Crippen molar-refractivity contribution in [2.45, 2.75) is 6.18 Å². The van der Waals surface area contributed by atoms with Gasteiger partial charge in [0.15, 0.2) is 0 Å². The number of nitrogens with one attached hydrogen (secondary N) is 2. The molecule has 0 saturated heterocycles. The SMILES string of the molecule is O=C(Nc1ccccc1-c1nc2ccccc2[nH]1)c1cccc(C(F)(F)F)c1. The van der Waals surface area contributed by atoms with Crippen LogP contribution in [0.3, 0.4) is 0 Å². The van der Waals surface area contributed by atoms with Crippen molar-refractivity contribution in [3.05, 3.63) is 83.9 Å². The number of rotatable bonds is 3. The lowest BCUT2D eigenvalue weighted by Crippen LogP contribution is -2.14. The van der Waals surface area contributed by atoms with Gasteiger partial charge in [-0.15, -0.1) is 0 Å². The van der Waals surface area contributed by atoms with E-state index in [0.717, 1.165) is 23.2 Å². The molecule has 0 spiro atoms. The van der Waals surface area contributed by atoms with Crippen LogP contribution in [0.25, 0.3) is 22.4 Å². The van der Waals surface area contributed by atoms with Gasteiger partial charge < -0.3 is 10.3 Å². The number of benzene rings is 3. The number of carbonyl (C=O) groups is 1. The number of halogens is 3. The smallest absolute Gasteiger partial charge is 0.338 e. The molecule has 7 heteroatoms. The van der Waals surface area contributed by atoms with Crippen molar-refractivity contribution in [2.24, 2.45) is 0 Å². The van der Waals surface area contributed by atoms with E-state index in [1.165, 1.54) is 12.1 Å². The second-order valence-electron chi connectivity index (χ2n) is 6.18. The maximum atomic E-state index is 12.9. The van der Waals surface area contributed by atoms with Crippen LogP contribution in [-0.4, -0.2) is 15.9 Å². The molecule has 0 bridgehead atoms. The summed E-state index contributed by atoms with van der Waals surface area (Å²) in [6, 6.07) is 18.8. The number of hydrogen-bond acceptors (Lipinski definition) is 2. The van der Waals surface area contributed by atoms with Crippen LogP contribution in [0.4, 0.5) is 18.9 Å². The number of carbonyl (C=O) groups excluding carboxylic acids is 1. The predicted octanol–water partition coefficient (Wildman–Crippen LogP) is 5.50. The lowest BCUT2D eigenvalue weighted by atomic mass is 10.1. The number of alkyl halides is 3. The molecule has 1 amide bonds. The molecule has 0 aliphatic rings. The van der Waals surface area contributed by atoms with Gasteiger partial charge in [0.2, 0.25) is 0 Å². The highest BCUT2D eigenvalue weighted by molar-refractivity contribution is 6.06. The number of aromatic amines is 1. The van der Waals surface area contributed by atoms with Gasteiger partial charge in [-0.3, -0.25) is 4.79 Å². The van der Waals surface area contributed by atoms with E-state index in [-0.39, 0.29) is 5.56 Å². The zero-order valence-electron chi connectivity index (χ0n) is 14.4. The van der Waals surface area contributed by atoms with Crippen molar-refractivity contribution >= 4 is 22.6 Å². The largest absolute Gasteiger partial charge is 0.416 e. The molecule has 140 valence electrons. The normalized spacial score (nSPS) is 11.5. The number of hydrogen-bond donors (Lipinski definition) is 2. The first kappa shape index (κ1) is 17.8. The molecule has 0 atom stereocenters. The summed E-state index contributed by atoms with van der Waals surface area (Å²) >= 11 is 0. The molecule has 4 aromatic rings. The quantitative estimate of drug-likeness (QED) is 0.492. The van der Waals surface area contributed by atoms with Crippen LogP contribution in [0, 0.1) is 0 Å². The van der Waals surface area contributed by atoms with E-state index >= 15 is 0 Å². The summed E-state index contributed by atoms with van der Waals surface area (Å²) in [5, 5.41) is 2.68. The molecule has 1 heterocycles. The van der Waals surface area contributed by atoms with Crippen LogP contribution in [0.1, 0.15) is 15.9 Å². The van der Waals surface area contributed by atoms with E-state index in [1.807, 2.05) is 24.3 Å². The Balaban J connectivity index is 1.67. The van der Waals surface area contributed by atoms with E-state index in [1.54, 1.807) is 24.3 Å². The van der Waals surface area contributed by atoms with Gasteiger partial charge in [-0.05, 0) is 42.5 Å². The first-order valence-electron chi connectivity index (χ1n) is 8.44. The van der Waals surface area contributed by atoms with Crippen molar-refractivity contribution in [3.63, 3.8) is 0 Å². The molecule has 1 aromatic heterocycles. The number of H-pyrrole nitrogens is 1. The Morgan fingerprint density at radius 2 is 1.68 bits per heavy atom. The van der Waals surface area contributed by atoms with E-state index < -0.39 is 17.6 Å². The lowest BCUT2D eigenvalue weighted by Gasteiger charge is -2.11. The van der Waals surface area contributed by atoms with Crippen LogP contribution in [0.15, 0.2) is 72.8 Å². The number of fused-ring (bicyclic) bond motifs is 1. The third-order valence-corrected chi connectivity index (χ3v) is 4.27. The van der Waals surface area contributed by atoms with Crippen LogP contribution in [0.5, 0.6) is 0 Å². The average Bonchev–Trinajstić information content (AvgIpc) is 3.12. The standard InChI is InChI=1S/C21H14F3N3O/c22-21(23,24)14-7-5-6-13(12-14)20(28)27-16-9-2-1-8-15(16)19-25-17-10-3-4-11-18(17)26-19/h1-12H,(H,25,26)(H,27,28). The van der Waals surface area contributed by atoms with E-state index in [9.17, 15) is 18.0 Å². The highest BCUT2D eigenvalue weighted by Gasteiger charge is 2.31. The molecule has 28 heavy (non-hydrogen) atoms. The Morgan fingerprint density at radius 1 is 0.929 bits per heavy atom. The van der Waals surface area contributed by atoms with Gasteiger partial charge in [-0.25, -0.2) is 4.98 Å².